The lowest BCUT2D eigenvalue weighted by Gasteiger charge is -2.46. The van der Waals surface area contributed by atoms with E-state index >= 15 is 0 Å². The van der Waals surface area contributed by atoms with Gasteiger partial charge in [-0.15, -0.1) is 0 Å². The summed E-state index contributed by atoms with van der Waals surface area (Å²) in [6, 6.07) is 3.19. The van der Waals surface area contributed by atoms with Crippen LogP contribution in [0.1, 0.15) is 52.4 Å². The van der Waals surface area contributed by atoms with Gasteiger partial charge in [-0.2, -0.15) is 0 Å². The molecule has 110 valence electrons. The third-order valence-electron chi connectivity index (χ3n) is 5.55. The van der Waals surface area contributed by atoms with Crippen molar-refractivity contribution in [1.29, 1.82) is 0 Å². The number of piperazine rings is 1. The zero-order chi connectivity index (χ0) is 13.2. The van der Waals surface area contributed by atoms with E-state index in [1.54, 1.807) is 0 Å². The highest BCUT2D eigenvalue weighted by Gasteiger charge is 2.40. The number of hydrogen-bond donors (Lipinski definition) is 1. The summed E-state index contributed by atoms with van der Waals surface area (Å²) in [6.07, 6.45) is 8.34. The largest absolute Gasteiger partial charge is 0.312 e. The van der Waals surface area contributed by atoms with E-state index in [1.807, 2.05) is 0 Å². The second-order valence-electron chi connectivity index (χ2n) is 6.90. The van der Waals surface area contributed by atoms with E-state index in [4.69, 9.17) is 0 Å². The summed E-state index contributed by atoms with van der Waals surface area (Å²) in [7, 11) is 0. The molecule has 0 aromatic rings. The molecule has 0 aromatic heterocycles. The van der Waals surface area contributed by atoms with Crippen LogP contribution in [0.5, 0.6) is 0 Å². The molecule has 3 rings (SSSR count). The van der Waals surface area contributed by atoms with Crippen molar-refractivity contribution >= 4 is 0 Å². The molecule has 2 heterocycles. The van der Waals surface area contributed by atoms with E-state index in [0.29, 0.717) is 0 Å². The van der Waals surface area contributed by atoms with Crippen LogP contribution in [0.4, 0.5) is 0 Å². The van der Waals surface area contributed by atoms with Crippen LogP contribution in [0.3, 0.4) is 0 Å². The molecule has 0 bridgehead atoms. The van der Waals surface area contributed by atoms with Gasteiger partial charge in [0.05, 0.1) is 0 Å². The van der Waals surface area contributed by atoms with Gasteiger partial charge in [0.15, 0.2) is 0 Å². The molecule has 4 unspecified atom stereocenters. The highest BCUT2D eigenvalue weighted by Crippen LogP contribution is 2.31. The van der Waals surface area contributed by atoms with Crippen molar-refractivity contribution in [2.45, 2.75) is 76.5 Å². The van der Waals surface area contributed by atoms with Crippen LogP contribution >= 0.6 is 0 Å². The minimum atomic E-state index is 0.753. The van der Waals surface area contributed by atoms with E-state index in [0.717, 1.165) is 24.2 Å². The van der Waals surface area contributed by atoms with Crippen molar-refractivity contribution in [3.63, 3.8) is 0 Å². The topological polar surface area (TPSA) is 18.5 Å². The molecule has 0 radical (unpaired) electrons. The molecule has 0 aromatic carbocycles. The number of hydrogen-bond acceptors (Lipinski definition) is 3. The maximum absolute atomic E-state index is 3.80. The van der Waals surface area contributed by atoms with Crippen LogP contribution in [-0.4, -0.2) is 60.1 Å². The van der Waals surface area contributed by atoms with Crippen LogP contribution in [-0.2, 0) is 0 Å². The Labute approximate surface area is 118 Å². The smallest absolute Gasteiger partial charge is 0.0253 e. The number of fused-ring (bicyclic) bond motifs is 1. The third kappa shape index (κ3) is 2.84. The van der Waals surface area contributed by atoms with Crippen LogP contribution in [0.25, 0.3) is 0 Å². The van der Waals surface area contributed by atoms with Gasteiger partial charge in [-0.05, 0) is 52.1 Å². The fourth-order valence-corrected chi connectivity index (χ4v) is 4.58. The Morgan fingerprint density at radius 1 is 1.11 bits per heavy atom. The SMILES string of the molecule is CCCNC1CCCC1N1CC2CCCN2CC1C. The molecule has 3 heteroatoms. The maximum Gasteiger partial charge on any atom is 0.0253 e. The van der Waals surface area contributed by atoms with Crippen molar-refractivity contribution in [2.75, 3.05) is 26.2 Å². The molecule has 1 saturated carbocycles. The van der Waals surface area contributed by atoms with Crippen molar-refractivity contribution in [1.82, 2.24) is 15.1 Å². The first-order valence-corrected chi connectivity index (χ1v) is 8.52. The minimum absolute atomic E-state index is 0.753. The Kier molecular flexibility index (Phi) is 4.45. The fourth-order valence-electron chi connectivity index (χ4n) is 4.58. The van der Waals surface area contributed by atoms with Crippen LogP contribution in [0.2, 0.25) is 0 Å². The molecule has 3 nitrogen and oxygen atoms in total. The second kappa shape index (κ2) is 6.11. The van der Waals surface area contributed by atoms with Gasteiger partial charge in [0, 0.05) is 37.3 Å². The third-order valence-corrected chi connectivity index (χ3v) is 5.55. The van der Waals surface area contributed by atoms with E-state index in [9.17, 15) is 0 Å². The number of rotatable bonds is 4. The van der Waals surface area contributed by atoms with Gasteiger partial charge in [0.25, 0.3) is 0 Å². The number of nitrogens with zero attached hydrogens (tertiary/aromatic N) is 2. The lowest BCUT2D eigenvalue weighted by atomic mass is 10.0. The van der Waals surface area contributed by atoms with Crippen molar-refractivity contribution < 1.29 is 0 Å². The predicted molar refractivity (Wildman–Crippen MR) is 80.5 cm³/mol. The van der Waals surface area contributed by atoms with Crippen LogP contribution < -0.4 is 5.32 Å². The van der Waals surface area contributed by atoms with Gasteiger partial charge in [-0.3, -0.25) is 9.80 Å². The van der Waals surface area contributed by atoms with Crippen LogP contribution in [0.15, 0.2) is 0 Å². The monoisotopic (exact) mass is 265 g/mol. The molecule has 1 N–H and O–H groups in total. The molecule has 4 atom stereocenters. The molecule has 3 aliphatic rings. The van der Waals surface area contributed by atoms with E-state index < -0.39 is 0 Å². The summed E-state index contributed by atoms with van der Waals surface area (Å²) in [4.78, 5) is 5.59. The second-order valence-corrected chi connectivity index (χ2v) is 6.90. The lowest BCUT2D eigenvalue weighted by molar-refractivity contribution is 0.0217. The first kappa shape index (κ1) is 13.8. The average Bonchev–Trinajstić information content (AvgIpc) is 3.03. The summed E-state index contributed by atoms with van der Waals surface area (Å²) in [6.45, 7) is 9.91. The lowest BCUT2D eigenvalue weighted by Crippen LogP contribution is -2.60. The van der Waals surface area contributed by atoms with Gasteiger partial charge >= 0.3 is 0 Å². The van der Waals surface area contributed by atoms with Crippen molar-refractivity contribution in [3.8, 4) is 0 Å². The Morgan fingerprint density at radius 3 is 2.84 bits per heavy atom. The van der Waals surface area contributed by atoms with E-state index in [1.165, 1.54) is 64.7 Å². The Balaban J connectivity index is 1.63. The first-order valence-electron chi connectivity index (χ1n) is 8.52. The molecular formula is C16H31N3. The summed E-state index contributed by atoms with van der Waals surface area (Å²) in [5.74, 6) is 0. The summed E-state index contributed by atoms with van der Waals surface area (Å²) >= 11 is 0. The first-order chi connectivity index (χ1) is 9.29. The Morgan fingerprint density at radius 2 is 2.00 bits per heavy atom. The van der Waals surface area contributed by atoms with Crippen molar-refractivity contribution in [2.24, 2.45) is 0 Å². The molecule has 0 spiro atoms. The summed E-state index contributed by atoms with van der Waals surface area (Å²) in [5, 5.41) is 3.80. The normalized spacial score (nSPS) is 40.7. The average molecular weight is 265 g/mol. The maximum atomic E-state index is 3.80. The van der Waals surface area contributed by atoms with Gasteiger partial charge in [-0.25, -0.2) is 0 Å². The molecular weight excluding hydrogens is 234 g/mol. The highest BCUT2D eigenvalue weighted by molar-refractivity contribution is 4.98. The molecule has 1 aliphatic carbocycles. The van der Waals surface area contributed by atoms with Gasteiger partial charge in [0.1, 0.15) is 0 Å². The minimum Gasteiger partial charge on any atom is -0.312 e. The van der Waals surface area contributed by atoms with Gasteiger partial charge < -0.3 is 5.32 Å². The molecule has 3 fully saturated rings. The zero-order valence-electron chi connectivity index (χ0n) is 12.8. The number of nitrogens with one attached hydrogen (secondary N) is 1. The fraction of sp³-hybridized carbons (Fsp3) is 1.00. The molecule has 2 saturated heterocycles. The van der Waals surface area contributed by atoms with Gasteiger partial charge in [-0.1, -0.05) is 13.3 Å². The van der Waals surface area contributed by atoms with Crippen LogP contribution in [0, 0.1) is 0 Å². The zero-order valence-corrected chi connectivity index (χ0v) is 12.8. The van der Waals surface area contributed by atoms with Crippen molar-refractivity contribution in [3.05, 3.63) is 0 Å². The molecule has 19 heavy (non-hydrogen) atoms. The predicted octanol–water partition coefficient (Wildman–Crippen LogP) is 2.08. The molecule has 2 aliphatic heterocycles. The van der Waals surface area contributed by atoms with E-state index in [2.05, 4.69) is 29.0 Å². The molecule has 0 amide bonds. The quantitative estimate of drug-likeness (QED) is 0.839. The summed E-state index contributed by atoms with van der Waals surface area (Å²) in [5.41, 5.74) is 0. The Hall–Kier alpha value is -0.120. The standard InChI is InChI=1S/C16H31N3/c1-3-9-17-15-7-4-8-16(15)19-12-14-6-5-10-18(14)11-13(19)2/h13-17H,3-12H2,1-2H3. The summed E-state index contributed by atoms with van der Waals surface area (Å²) < 4.78 is 0. The van der Waals surface area contributed by atoms with E-state index in [-0.39, 0.29) is 0 Å². The van der Waals surface area contributed by atoms with Gasteiger partial charge in [0.2, 0.25) is 0 Å². The Bertz CT molecular complexity index is 294. The highest BCUT2D eigenvalue weighted by atomic mass is 15.3.